The van der Waals surface area contributed by atoms with Crippen molar-refractivity contribution >= 4 is 29.1 Å². The number of nitrogen functional groups attached to an aromatic ring is 1. The van der Waals surface area contributed by atoms with Crippen LogP contribution in [0.4, 0.5) is 26.2 Å². The molecule has 1 aromatic heterocycles. The van der Waals surface area contributed by atoms with Gasteiger partial charge in [-0.05, 0) is 12.1 Å². The van der Waals surface area contributed by atoms with Crippen molar-refractivity contribution in [3.05, 3.63) is 41.1 Å². The lowest BCUT2D eigenvalue weighted by molar-refractivity contribution is 0.509. The molecular formula is C10H8ClF2N5. The Morgan fingerprint density at radius 2 is 2.00 bits per heavy atom. The number of halogens is 3. The van der Waals surface area contributed by atoms with Gasteiger partial charge < -0.3 is 5.32 Å². The maximum atomic E-state index is 13.0. The van der Waals surface area contributed by atoms with Gasteiger partial charge in [0.05, 0.1) is 6.20 Å². The first-order valence-corrected chi connectivity index (χ1v) is 5.19. The van der Waals surface area contributed by atoms with Gasteiger partial charge in [0.25, 0.3) is 0 Å². The quantitative estimate of drug-likeness (QED) is 0.590. The summed E-state index contributed by atoms with van der Waals surface area (Å²) in [6.07, 6.45) is 1.33. The molecular weight excluding hydrogens is 264 g/mol. The van der Waals surface area contributed by atoms with Crippen molar-refractivity contribution in [3.63, 3.8) is 0 Å². The van der Waals surface area contributed by atoms with Crippen LogP contribution < -0.4 is 16.6 Å². The van der Waals surface area contributed by atoms with Crippen LogP contribution in [0.15, 0.2) is 24.4 Å². The van der Waals surface area contributed by atoms with Crippen LogP contribution >= 0.6 is 11.6 Å². The van der Waals surface area contributed by atoms with E-state index in [4.69, 9.17) is 17.4 Å². The van der Waals surface area contributed by atoms with Gasteiger partial charge in [-0.25, -0.2) is 19.6 Å². The smallest absolute Gasteiger partial charge is 0.239 e. The van der Waals surface area contributed by atoms with E-state index in [9.17, 15) is 8.78 Å². The third-order valence-corrected chi connectivity index (χ3v) is 2.33. The normalized spacial score (nSPS) is 10.2. The fourth-order valence-corrected chi connectivity index (χ4v) is 1.37. The molecule has 0 aliphatic rings. The fourth-order valence-electron chi connectivity index (χ4n) is 1.23. The molecule has 2 rings (SSSR count). The highest BCUT2D eigenvalue weighted by Gasteiger charge is 2.07. The van der Waals surface area contributed by atoms with Crippen molar-refractivity contribution in [1.82, 2.24) is 9.97 Å². The molecule has 0 fully saturated rings. The molecule has 0 radical (unpaired) electrons. The Morgan fingerprint density at radius 1 is 1.22 bits per heavy atom. The molecule has 94 valence electrons. The van der Waals surface area contributed by atoms with Gasteiger partial charge in [0.15, 0.2) is 17.5 Å². The zero-order valence-electron chi connectivity index (χ0n) is 8.92. The molecule has 0 aliphatic heterocycles. The maximum Gasteiger partial charge on any atom is 0.239 e. The Bertz CT molecular complexity index is 578. The van der Waals surface area contributed by atoms with Gasteiger partial charge in [-0.3, -0.25) is 5.43 Å². The van der Waals surface area contributed by atoms with Gasteiger partial charge >= 0.3 is 0 Å². The Balaban J connectivity index is 2.30. The summed E-state index contributed by atoms with van der Waals surface area (Å²) in [5.74, 6) is 3.62. The van der Waals surface area contributed by atoms with Crippen molar-refractivity contribution in [3.8, 4) is 0 Å². The number of rotatable bonds is 3. The number of nitrogens with one attached hydrogen (secondary N) is 2. The van der Waals surface area contributed by atoms with E-state index in [-0.39, 0.29) is 16.8 Å². The van der Waals surface area contributed by atoms with Crippen molar-refractivity contribution in [1.29, 1.82) is 0 Å². The standard InChI is InChI=1S/C10H8ClF2N5/c11-6-4-15-10(18-14)17-9(6)16-5-1-2-7(12)8(13)3-5/h1-4H,14H2,(H2,15,16,17,18). The van der Waals surface area contributed by atoms with E-state index in [2.05, 4.69) is 20.7 Å². The zero-order chi connectivity index (χ0) is 13.1. The lowest BCUT2D eigenvalue weighted by atomic mass is 10.3. The number of hydrogen-bond donors (Lipinski definition) is 3. The Labute approximate surface area is 106 Å². The number of nitrogens with two attached hydrogens (primary N) is 1. The van der Waals surface area contributed by atoms with Crippen LogP contribution in [0.5, 0.6) is 0 Å². The first-order valence-electron chi connectivity index (χ1n) is 4.81. The van der Waals surface area contributed by atoms with Crippen LogP contribution in [-0.4, -0.2) is 9.97 Å². The summed E-state index contributed by atoms with van der Waals surface area (Å²) >= 11 is 5.85. The maximum absolute atomic E-state index is 13.0. The lowest BCUT2D eigenvalue weighted by Crippen LogP contribution is -2.11. The summed E-state index contributed by atoms with van der Waals surface area (Å²) in [4.78, 5) is 7.71. The van der Waals surface area contributed by atoms with Crippen molar-refractivity contribution < 1.29 is 8.78 Å². The van der Waals surface area contributed by atoms with E-state index < -0.39 is 11.6 Å². The summed E-state index contributed by atoms with van der Waals surface area (Å²) in [5, 5.41) is 2.95. The Kier molecular flexibility index (Phi) is 3.54. The second kappa shape index (κ2) is 5.11. The van der Waals surface area contributed by atoms with Crippen LogP contribution in [-0.2, 0) is 0 Å². The van der Waals surface area contributed by atoms with Crippen LogP contribution in [0, 0.1) is 11.6 Å². The largest absolute Gasteiger partial charge is 0.339 e. The van der Waals surface area contributed by atoms with Gasteiger partial charge in [0.2, 0.25) is 5.95 Å². The number of hydrogen-bond acceptors (Lipinski definition) is 5. The molecule has 0 atom stereocenters. The molecule has 0 amide bonds. The van der Waals surface area contributed by atoms with Crippen LogP contribution in [0.3, 0.4) is 0 Å². The molecule has 4 N–H and O–H groups in total. The third kappa shape index (κ3) is 2.63. The van der Waals surface area contributed by atoms with Crippen LogP contribution in [0.2, 0.25) is 5.02 Å². The van der Waals surface area contributed by atoms with E-state index in [0.717, 1.165) is 12.1 Å². The second-order valence-electron chi connectivity index (χ2n) is 3.29. The van der Waals surface area contributed by atoms with E-state index in [1.807, 2.05) is 0 Å². The number of anilines is 3. The molecule has 1 aromatic carbocycles. The van der Waals surface area contributed by atoms with E-state index in [1.54, 1.807) is 0 Å². The van der Waals surface area contributed by atoms with Crippen molar-refractivity contribution in [2.45, 2.75) is 0 Å². The molecule has 1 heterocycles. The lowest BCUT2D eigenvalue weighted by Gasteiger charge is -2.08. The summed E-state index contributed by atoms with van der Waals surface area (Å²) in [7, 11) is 0. The summed E-state index contributed by atoms with van der Waals surface area (Å²) < 4.78 is 25.8. The van der Waals surface area contributed by atoms with E-state index in [1.165, 1.54) is 12.3 Å². The molecule has 0 saturated carbocycles. The summed E-state index contributed by atoms with van der Waals surface area (Å²) in [6.45, 7) is 0. The van der Waals surface area contributed by atoms with Gasteiger partial charge in [0, 0.05) is 11.8 Å². The first-order chi connectivity index (χ1) is 8.60. The molecule has 0 unspecified atom stereocenters. The predicted molar refractivity (Wildman–Crippen MR) is 64.5 cm³/mol. The summed E-state index contributed by atoms with van der Waals surface area (Å²) in [5.41, 5.74) is 2.55. The predicted octanol–water partition coefficient (Wildman–Crippen LogP) is 2.44. The second-order valence-corrected chi connectivity index (χ2v) is 3.70. The highest BCUT2D eigenvalue weighted by Crippen LogP contribution is 2.24. The summed E-state index contributed by atoms with van der Waals surface area (Å²) in [6, 6.07) is 3.34. The molecule has 0 bridgehead atoms. The number of nitrogens with zero attached hydrogens (tertiary/aromatic N) is 2. The minimum Gasteiger partial charge on any atom is -0.339 e. The number of hydrazine groups is 1. The molecule has 0 saturated heterocycles. The van der Waals surface area contributed by atoms with Gasteiger partial charge in [-0.15, -0.1) is 0 Å². The minimum absolute atomic E-state index is 0.143. The van der Waals surface area contributed by atoms with Crippen molar-refractivity contribution in [2.75, 3.05) is 10.7 Å². The molecule has 0 aliphatic carbocycles. The average molecular weight is 272 g/mol. The average Bonchev–Trinajstić information content (AvgIpc) is 2.36. The van der Waals surface area contributed by atoms with Gasteiger partial charge in [-0.2, -0.15) is 4.98 Å². The molecule has 2 aromatic rings. The molecule has 18 heavy (non-hydrogen) atoms. The highest BCUT2D eigenvalue weighted by atomic mass is 35.5. The van der Waals surface area contributed by atoms with Gasteiger partial charge in [0.1, 0.15) is 5.02 Å². The fraction of sp³-hybridized carbons (Fsp3) is 0. The van der Waals surface area contributed by atoms with E-state index >= 15 is 0 Å². The first kappa shape index (κ1) is 12.5. The molecule has 0 spiro atoms. The topological polar surface area (TPSA) is 75.9 Å². The number of aromatic nitrogens is 2. The SMILES string of the molecule is NNc1ncc(Cl)c(Nc2ccc(F)c(F)c2)n1. The zero-order valence-corrected chi connectivity index (χ0v) is 9.67. The monoisotopic (exact) mass is 271 g/mol. The van der Waals surface area contributed by atoms with Crippen LogP contribution in [0.1, 0.15) is 0 Å². The molecule has 8 heteroatoms. The minimum atomic E-state index is -0.970. The molecule has 5 nitrogen and oxygen atoms in total. The Hall–Kier alpha value is -1.99. The van der Waals surface area contributed by atoms with Crippen molar-refractivity contribution in [2.24, 2.45) is 5.84 Å². The van der Waals surface area contributed by atoms with Crippen LogP contribution in [0.25, 0.3) is 0 Å². The third-order valence-electron chi connectivity index (χ3n) is 2.06. The number of benzene rings is 1. The highest BCUT2D eigenvalue weighted by molar-refractivity contribution is 6.32. The van der Waals surface area contributed by atoms with Gasteiger partial charge in [-0.1, -0.05) is 11.6 Å². The van der Waals surface area contributed by atoms with E-state index in [0.29, 0.717) is 5.69 Å². The Morgan fingerprint density at radius 3 is 2.67 bits per heavy atom.